The van der Waals surface area contributed by atoms with Crippen LogP contribution in [0.3, 0.4) is 0 Å². The number of rotatable bonds is 4. The normalized spacial score (nSPS) is 12.7. The Bertz CT molecular complexity index is 639. The van der Waals surface area contributed by atoms with E-state index < -0.39 is 24.0 Å². The molecule has 0 radical (unpaired) electrons. The summed E-state index contributed by atoms with van der Waals surface area (Å²) in [5.74, 6) is 0. The molecule has 6 heteroatoms. The van der Waals surface area contributed by atoms with Crippen molar-refractivity contribution in [3.8, 4) is 0 Å². The van der Waals surface area contributed by atoms with E-state index in [9.17, 15) is 18.0 Å². The molecule has 0 amide bonds. The van der Waals surface area contributed by atoms with Gasteiger partial charge in [-0.2, -0.15) is 13.2 Å². The van der Waals surface area contributed by atoms with Crippen molar-refractivity contribution in [3.05, 3.63) is 71.3 Å². The minimum Gasteiger partial charge on any atom is -0.450 e. The van der Waals surface area contributed by atoms with E-state index in [1.807, 2.05) is 0 Å². The second kappa shape index (κ2) is 6.51. The zero-order valence-corrected chi connectivity index (χ0v) is 11.4. The van der Waals surface area contributed by atoms with Crippen molar-refractivity contribution in [2.24, 2.45) is 0 Å². The summed E-state index contributed by atoms with van der Waals surface area (Å²) < 4.78 is 43.0. The molecule has 0 bridgehead atoms. The predicted molar refractivity (Wildman–Crippen MR) is 73.4 cm³/mol. The molecule has 116 valence electrons. The second-order valence-electron chi connectivity index (χ2n) is 4.69. The molecular weight excluding hydrogens is 297 g/mol. The fourth-order valence-electron chi connectivity index (χ4n) is 2.09. The lowest BCUT2D eigenvalue weighted by molar-refractivity contribution is -0.137. The topological polar surface area (TPSA) is 46.5 Å². The van der Waals surface area contributed by atoms with Gasteiger partial charge in [-0.05, 0) is 23.3 Å². The lowest BCUT2D eigenvalue weighted by Crippen LogP contribution is -2.13. The molecule has 0 heterocycles. The van der Waals surface area contributed by atoms with Crippen LogP contribution in [0.1, 0.15) is 22.8 Å². The van der Waals surface area contributed by atoms with Gasteiger partial charge in [0, 0.05) is 6.42 Å². The van der Waals surface area contributed by atoms with E-state index >= 15 is 0 Å². The minimum absolute atomic E-state index is 0.161. The van der Waals surface area contributed by atoms with E-state index in [1.165, 1.54) is 12.1 Å². The SMILES string of the molecule is O=C(O)OC(Cc1ccccc1)c1cccc(C(F)(F)F)c1. The molecule has 2 rings (SSSR count). The number of carbonyl (C=O) groups is 1. The Balaban J connectivity index is 2.31. The third kappa shape index (κ3) is 4.25. The molecule has 3 nitrogen and oxygen atoms in total. The van der Waals surface area contributed by atoms with E-state index in [2.05, 4.69) is 0 Å². The molecule has 22 heavy (non-hydrogen) atoms. The Hall–Kier alpha value is -2.50. The first kappa shape index (κ1) is 15.9. The molecule has 2 aromatic carbocycles. The summed E-state index contributed by atoms with van der Waals surface area (Å²) >= 11 is 0. The van der Waals surface area contributed by atoms with E-state index in [0.717, 1.165) is 17.7 Å². The van der Waals surface area contributed by atoms with Gasteiger partial charge in [0.1, 0.15) is 6.10 Å². The van der Waals surface area contributed by atoms with Gasteiger partial charge in [-0.3, -0.25) is 0 Å². The molecular formula is C16H13F3O3. The van der Waals surface area contributed by atoms with Crippen LogP contribution < -0.4 is 0 Å². The minimum atomic E-state index is -4.49. The average Bonchev–Trinajstić information content (AvgIpc) is 2.46. The quantitative estimate of drug-likeness (QED) is 0.834. The number of benzene rings is 2. The van der Waals surface area contributed by atoms with Crippen molar-refractivity contribution in [3.63, 3.8) is 0 Å². The van der Waals surface area contributed by atoms with Crippen LogP contribution in [0.25, 0.3) is 0 Å². The van der Waals surface area contributed by atoms with Gasteiger partial charge >= 0.3 is 12.3 Å². The lowest BCUT2D eigenvalue weighted by atomic mass is 9.99. The van der Waals surface area contributed by atoms with Crippen LogP contribution in [0.5, 0.6) is 0 Å². The van der Waals surface area contributed by atoms with Gasteiger partial charge < -0.3 is 9.84 Å². The maximum Gasteiger partial charge on any atom is 0.506 e. The summed E-state index contributed by atoms with van der Waals surface area (Å²) in [6, 6.07) is 13.3. The molecule has 0 aliphatic heterocycles. The van der Waals surface area contributed by atoms with Crippen LogP contribution in [0, 0.1) is 0 Å². The summed E-state index contributed by atoms with van der Waals surface area (Å²) in [6.07, 6.45) is -6.86. The van der Waals surface area contributed by atoms with Crippen molar-refractivity contribution in [2.75, 3.05) is 0 Å². The standard InChI is InChI=1S/C16H13F3O3/c17-16(18,19)13-8-4-7-12(10-13)14(22-15(20)21)9-11-5-2-1-3-6-11/h1-8,10,14H,9H2,(H,20,21). The molecule has 0 aromatic heterocycles. The Kier molecular flexibility index (Phi) is 4.70. The zero-order valence-electron chi connectivity index (χ0n) is 11.4. The van der Waals surface area contributed by atoms with Crippen molar-refractivity contribution in [1.82, 2.24) is 0 Å². The van der Waals surface area contributed by atoms with Crippen molar-refractivity contribution in [2.45, 2.75) is 18.7 Å². The summed E-state index contributed by atoms with van der Waals surface area (Å²) in [4.78, 5) is 10.8. The molecule has 1 unspecified atom stereocenters. The van der Waals surface area contributed by atoms with E-state index in [-0.39, 0.29) is 12.0 Å². The van der Waals surface area contributed by atoms with Gasteiger partial charge in [-0.25, -0.2) is 4.79 Å². The van der Waals surface area contributed by atoms with E-state index in [1.54, 1.807) is 30.3 Å². The highest BCUT2D eigenvalue weighted by Gasteiger charge is 2.31. The number of halogens is 3. The Morgan fingerprint density at radius 1 is 1.09 bits per heavy atom. The Morgan fingerprint density at radius 2 is 1.77 bits per heavy atom. The second-order valence-corrected chi connectivity index (χ2v) is 4.69. The molecule has 0 fully saturated rings. The molecule has 1 atom stereocenters. The van der Waals surface area contributed by atoms with Gasteiger partial charge in [0.2, 0.25) is 0 Å². The molecule has 0 saturated heterocycles. The smallest absolute Gasteiger partial charge is 0.450 e. The van der Waals surface area contributed by atoms with Crippen LogP contribution in [-0.2, 0) is 17.3 Å². The molecule has 2 aromatic rings. The molecule has 0 aliphatic rings. The first-order valence-electron chi connectivity index (χ1n) is 6.47. The van der Waals surface area contributed by atoms with Gasteiger partial charge in [0.05, 0.1) is 5.56 Å². The average molecular weight is 310 g/mol. The first-order chi connectivity index (χ1) is 10.4. The Morgan fingerprint density at radius 3 is 2.36 bits per heavy atom. The van der Waals surface area contributed by atoms with E-state index in [0.29, 0.717) is 0 Å². The lowest BCUT2D eigenvalue weighted by Gasteiger charge is -2.18. The fourth-order valence-corrected chi connectivity index (χ4v) is 2.09. The Labute approximate surface area is 125 Å². The monoisotopic (exact) mass is 310 g/mol. The van der Waals surface area contributed by atoms with E-state index in [4.69, 9.17) is 9.84 Å². The highest BCUT2D eigenvalue weighted by atomic mass is 19.4. The van der Waals surface area contributed by atoms with Gasteiger partial charge in [-0.1, -0.05) is 42.5 Å². The summed E-state index contributed by atoms with van der Waals surface area (Å²) in [5, 5.41) is 8.81. The van der Waals surface area contributed by atoms with Crippen LogP contribution in [0.2, 0.25) is 0 Å². The predicted octanol–water partition coefficient (Wildman–Crippen LogP) is 4.68. The van der Waals surface area contributed by atoms with Gasteiger partial charge in [-0.15, -0.1) is 0 Å². The number of hydrogen-bond acceptors (Lipinski definition) is 2. The maximum absolute atomic E-state index is 12.8. The number of hydrogen-bond donors (Lipinski definition) is 1. The number of carboxylic acid groups (broad SMARTS) is 1. The largest absolute Gasteiger partial charge is 0.506 e. The van der Waals surface area contributed by atoms with Crippen LogP contribution >= 0.6 is 0 Å². The van der Waals surface area contributed by atoms with Gasteiger partial charge in [0.25, 0.3) is 0 Å². The number of ether oxygens (including phenoxy) is 1. The molecule has 0 aliphatic carbocycles. The third-order valence-corrected chi connectivity index (χ3v) is 3.09. The summed E-state index contributed by atoms with van der Waals surface area (Å²) in [5.41, 5.74) is 0.101. The summed E-state index contributed by atoms with van der Waals surface area (Å²) in [7, 11) is 0. The molecule has 0 saturated carbocycles. The summed E-state index contributed by atoms with van der Waals surface area (Å²) in [6.45, 7) is 0. The fraction of sp³-hybridized carbons (Fsp3) is 0.188. The van der Waals surface area contributed by atoms with Crippen LogP contribution in [-0.4, -0.2) is 11.3 Å². The van der Waals surface area contributed by atoms with Crippen molar-refractivity contribution < 1.29 is 27.8 Å². The highest BCUT2D eigenvalue weighted by Crippen LogP contribution is 2.32. The zero-order chi connectivity index (χ0) is 16.2. The maximum atomic E-state index is 12.8. The van der Waals surface area contributed by atoms with Crippen molar-refractivity contribution >= 4 is 6.16 Å². The highest BCUT2D eigenvalue weighted by molar-refractivity contribution is 5.57. The third-order valence-electron chi connectivity index (χ3n) is 3.09. The molecule has 0 spiro atoms. The van der Waals surface area contributed by atoms with Crippen LogP contribution in [0.4, 0.5) is 18.0 Å². The molecule has 1 N–H and O–H groups in total. The number of alkyl halides is 3. The van der Waals surface area contributed by atoms with Crippen molar-refractivity contribution in [1.29, 1.82) is 0 Å². The first-order valence-corrected chi connectivity index (χ1v) is 6.47. The van der Waals surface area contributed by atoms with Crippen LogP contribution in [0.15, 0.2) is 54.6 Å². The van der Waals surface area contributed by atoms with Gasteiger partial charge in [0.15, 0.2) is 0 Å².